The molecule has 5 heteroatoms. The lowest BCUT2D eigenvalue weighted by Crippen LogP contribution is -1.88. The van der Waals surface area contributed by atoms with Crippen LogP contribution in [0.15, 0.2) is 45.7 Å². The van der Waals surface area contributed by atoms with Gasteiger partial charge in [-0.25, -0.2) is 4.21 Å². The van der Waals surface area contributed by atoms with Crippen molar-refractivity contribution in [1.82, 2.24) is 0 Å². The highest BCUT2D eigenvalue weighted by molar-refractivity contribution is 7.79. The third-order valence-electron chi connectivity index (χ3n) is 2.61. The molecule has 0 aliphatic carbocycles. The number of rotatable bonds is 1. The van der Waals surface area contributed by atoms with Crippen LogP contribution in [0, 0.1) is 0 Å². The number of hydrogen-bond donors (Lipinski definition) is 1. The molecular formula is C12H7ClO3S. The van der Waals surface area contributed by atoms with Gasteiger partial charge in [-0.1, -0.05) is 17.7 Å². The molecule has 0 saturated carbocycles. The van der Waals surface area contributed by atoms with Gasteiger partial charge < -0.3 is 8.97 Å². The predicted molar refractivity (Wildman–Crippen MR) is 67.8 cm³/mol. The third-order valence-corrected chi connectivity index (χ3v) is 3.56. The maximum atomic E-state index is 11.3. The van der Waals surface area contributed by atoms with Crippen molar-refractivity contribution in [2.75, 3.05) is 0 Å². The van der Waals surface area contributed by atoms with Crippen molar-refractivity contribution >= 4 is 44.6 Å². The number of fused-ring (bicyclic) bond motifs is 3. The molecule has 17 heavy (non-hydrogen) atoms. The van der Waals surface area contributed by atoms with E-state index in [9.17, 15) is 8.76 Å². The fraction of sp³-hybridized carbons (Fsp3) is 0. The zero-order chi connectivity index (χ0) is 12.0. The summed E-state index contributed by atoms with van der Waals surface area (Å²) >= 11 is 3.88. The topological polar surface area (TPSA) is 50.4 Å². The van der Waals surface area contributed by atoms with Crippen LogP contribution in [0.3, 0.4) is 0 Å². The smallest absolute Gasteiger partial charge is 0.187 e. The van der Waals surface area contributed by atoms with Gasteiger partial charge in [-0.3, -0.25) is 0 Å². The molecule has 1 N–H and O–H groups in total. The van der Waals surface area contributed by atoms with Crippen LogP contribution in [0.2, 0.25) is 5.02 Å². The highest BCUT2D eigenvalue weighted by Crippen LogP contribution is 2.33. The van der Waals surface area contributed by atoms with E-state index in [0.29, 0.717) is 26.5 Å². The second-order valence-corrected chi connectivity index (χ2v) is 5.00. The average molecular weight is 267 g/mol. The van der Waals surface area contributed by atoms with Crippen molar-refractivity contribution in [1.29, 1.82) is 0 Å². The Morgan fingerprint density at radius 1 is 1.18 bits per heavy atom. The minimum atomic E-state index is -2.05. The highest BCUT2D eigenvalue weighted by Gasteiger charge is 2.14. The number of hydrogen-bond acceptors (Lipinski definition) is 2. The first kappa shape index (κ1) is 10.8. The number of halogens is 1. The van der Waals surface area contributed by atoms with Gasteiger partial charge in [0.15, 0.2) is 11.1 Å². The van der Waals surface area contributed by atoms with Crippen molar-refractivity contribution in [2.24, 2.45) is 0 Å². The predicted octanol–water partition coefficient (Wildman–Crippen LogP) is 3.82. The van der Waals surface area contributed by atoms with E-state index in [1.165, 1.54) is 0 Å². The summed E-state index contributed by atoms with van der Waals surface area (Å²) in [6.07, 6.45) is 0. The van der Waals surface area contributed by atoms with Crippen LogP contribution in [0.4, 0.5) is 0 Å². The molecule has 2 aromatic carbocycles. The fourth-order valence-electron chi connectivity index (χ4n) is 1.91. The molecule has 3 nitrogen and oxygen atoms in total. The van der Waals surface area contributed by atoms with E-state index in [-0.39, 0.29) is 0 Å². The Morgan fingerprint density at radius 2 is 2.00 bits per heavy atom. The van der Waals surface area contributed by atoms with Crippen LogP contribution in [0.25, 0.3) is 21.9 Å². The summed E-state index contributed by atoms with van der Waals surface area (Å²) in [5, 5.41) is 1.97. The second-order valence-electron chi connectivity index (χ2n) is 3.62. The lowest BCUT2D eigenvalue weighted by molar-refractivity contribution is 0.565. The first-order valence-electron chi connectivity index (χ1n) is 4.88. The Hall–Kier alpha value is -1.36. The minimum absolute atomic E-state index is 0.337. The molecule has 3 aromatic rings. The van der Waals surface area contributed by atoms with E-state index >= 15 is 0 Å². The van der Waals surface area contributed by atoms with Crippen molar-refractivity contribution < 1.29 is 13.2 Å². The molecule has 3 rings (SSSR count). The van der Waals surface area contributed by atoms with Crippen molar-refractivity contribution in [3.8, 4) is 0 Å². The first-order chi connectivity index (χ1) is 8.16. The molecule has 0 amide bonds. The van der Waals surface area contributed by atoms with Crippen LogP contribution >= 0.6 is 11.6 Å². The van der Waals surface area contributed by atoms with Gasteiger partial charge in [0.25, 0.3) is 0 Å². The van der Waals surface area contributed by atoms with Gasteiger partial charge in [-0.2, -0.15) is 0 Å². The van der Waals surface area contributed by atoms with Crippen molar-refractivity contribution in [3.05, 3.63) is 41.4 Å². The maximum Gasteiger partial charge on any atom is 0.187 e. The Morgan fingerprint density at radius 3 is 2.76 bits per heavy atom. The van der Waals surface area contributed by atoms with E-state index in [1.54, 1.807) is 36.4 Å². The molecule has 0 aliphatic rings. The van der Waals surface area contributed by atoms with E-state index in [1.807, 2.05) is 0 Å². The number of benzene rings is 2. The van der Waals surface area contributed by atoms with Gasteiger partial charge in [0.2, 0.25) is 0 Å². The largest absolute Gasteiger partial charge is 0.456 e. The van der Waals surface area contributed by atoms with E-state index in [4.69, 9.17) is 16.0 Å². The van der Waals surface area contributed by atoms with Crippen molar-refractivity contribution in [3.63, 3.8) is 0 Å². The van der Waals surface area contributed by atoms with Gasteiger partial charge in [-0.05, 0) is 30.3 Å². The molecule has 0 bridgehead atoms. The first-order valence-corrected chi connectivity index (χ1v) is 6.37. The fourth-order valence-corrected chi connectivity index (χ4v) is 2.66. The summed E-state index contributed by atoms with van der Waals surface area (Å²) in [7, 11) is 0. The maximum absolute atomic E-state index is 11.3. The molecule has 0 spiro atoms. The van der Waals surface area contributed by atoms with E-state index < -0.39 is 11.1 Å². The van der Waals surface area contributed by atoms with Gasteiger partial charge in [0.1, 0.15) is 11.2 Å². The third kappa shape index (κ3) is 1.65. The minimum Gasteiger partial charge on any atom is -0.456 e. The Bertz CT molecular complexity index is 748. The zero-order valence-corrected chi connectivity index (χ0v) is 10.1. The quantitative estimate of drug-likeness (QED) is 0.681. The van der Waals surface area contributed by atoms with Gasteiger partial charge in [0, 0.05) is 15.8 Å². The van der Waals surface area contributed by atoms with E-state index in [0.717, 1.165) is 5.39 Å². The van der Waals surface area contributed by atoms with Gasteiger partial charge in [-0.15, -0.1) is 0 Å². The van der Waals surface area contributed by atoms with Gasteiger partial charge >= 0.3 is 0 Å². The summed E-state index contributed by atoms with van der Waals surface area (Å²) in [4.78, 5) is 0.337. The molecule has 0 saturated heterocycles. The second kappa shape index (κ2) is 3.84. The Labute approximate surface area is 104 Å². The lowest BCUT2D eigenvalue weighted by Gasteiger charge is -1.97. The monoisotopic (exact) mass is 266 g/mol. The SMILES string of the molecule is O=S(O)c1cccc2oc3ccc(Cl)cc3c12. The van der Waals surface area contributed by atoms with Crippen LogP contribution in [0.1, 0.15) is 0 Å². The molecule has 1 aromatic heterocycles. The molecule has 86 valence electrons. The number of furan rings is 1. The molecule has 0 fully saturated rings. The molecule has 1 heterocycles. The lowest BCUT2D eigenvalue weighted by atomic mass is 10.1. The summed E-state index contributed by atoms with van der Waals surface area (Å²) in [6.45, 7) is 0. The van der Waals surface area contributed by atoms with Crippen LogP contribution in [-0.2, 0) is 11.1 Å². The highest BCUT2D eigenvalue weighted by atomic mass is 35.5. The van der Waals surface area contributed by atoms with Crippen LogP contribution in [-0.4, -0.2) is 8.76 Å². The summed E-state index contributed by atoms with van der Waals surface area (Å²) in [5.41, 5.74) is 1.24. The molecular weight excluding hydrogens is 260 g/mol. The summed E-state index contributed by atoms with van der Waals surface area (Å²) in [6, 6.07) is 10.3. The summed E-state index contributed by atoms with van der Waals surface area (Å²) in [5.74, 6) is 0. The normalized spacial score (nSPS) is 13.3. The van der Waals surface area contributed by atoms with Crippen LogP contribution in [0.5, 0.6) is 0 Å². The summed E-state index contributed by atoms with van der Waals surface area (Å²) < 4.78 is 26.1. The van der Waals surface area contributed by atoms with E-state index in [2.05, 4.69) is 0 Å². The molecule has 0 radical (unpaired) electrons. The molecule has 1 atom stereocenters. The van der Waals surface area contributed by atoms with Gasteiger partial charge in [0.05, 0.1) is 4.90 Å². The van der Waals surface area contributed by atoms with Crippen molar-refractivity contribution in [2.45, 2.75) is 4.90 Å². The average Bonchev–Trinajstić information content (AvgIpc) is 2.66. The Balaban J connectivity index is 2.56. The Kier molecular flexibility index (Phi) is 2.43. The molecule has 0 aliphatic heterocycles. The van der Waals surface area contributed by atoms with Crippen LogP contribution < -0.4 is 0 Å². The zero-order valence-electron chi connectivity index (χ0n) is 8.51. The standard InChI is InChI=1S/C12H7ClO3S/c13-7-4-5-9-8(6-7)12-10(16-9)2-1-3-11(12)17(14)15/h1-6H,(H,14,15). The molecule has 1 unspecified atom stereocenters.